The highest BCUT2D eigenvalue weighted by molar-refractivity contribution is 7.99. The molecule has 1 heterocycles. The van der Waals surface area contributed by atoms with E-state index >= 15 is 0 Å². The molecule has 0 radical (unpaired) electrons. The molecule has 36 heavy (non-hydrogen) atoms. The summed E-state index contributed by atoms with van der Waals surface area (Å²) in [7, 11) is -0.296. The Bertz CT molecular complexity index is 1690. The summed E-state index contributed by atoms with van der Waals surface area (Å²) in [4.78, 5) is 19.3. The minimum absolute atomic E-state index is 0.0754. The van der Waals surface area contributed by atoms with E-state index in [-0.39, 0.29) is 22.1 Å². The molecule has 0 unspecified atom stereocenters. The fourth-order valence-corrected chi connectivity index (χ4v) is 8.31. The summed E-state index contributed by atoms with van der Waals surface area (Å²) < 4.78 is 1.97. The summed E-state index contributed by atoms with van der Waals surface area (Å²) in [5.74, 6) is 0.254. The molecule has 174 valence electrons. The third-order valence-corrected chi connectivity index (χ3v) is 10.2. The van der Waals surface area contributed by atoms with E-state index in [4.69, 9.17) is 0 Å². The molecule has 0 saturated carbocycles. The number of phenolic OH excluding ortho intramolecular Hbond substituents is 1. The summed E-state index contributed by atoms with van der Waals surface area (Å²) in [5.41, 5.74) is 0.0754. The van der Waals surface area contributed by atoms with Gasteiger partial charge in [-0.15, -0.1) is 11.3 Å². The van der Waals surface area contributed by atoms with Crippen molar-refractivity contribution in [2.24, 2.45) is 0 Å². The minimum atomic E-state index is -0.296. The lowest BCUT2D eigenvalue weighted by molar-refractivity contribution is 0.475. The van der Waals surface area contributed by atoms with E-state index < -0.39 is 0 Å². The van der Waals surface area contributed by atoms with Crippen LogP contribution in [0.25, 0.3) is 20.2 Å². The molecule has 0 bridgehead atoms. The Morgan fingerprint density at radius 1 is 0.583 bits per heavy atom. The molecular formula is C31H21O2S3+. The van der Waals surface area contributed by atoms with Gasteiger partial charge in [-0.1, -0.05) is 48.2 Å². The van der Waals surface area contributed by atoms with Crippen LogP contribution in [-0.2, 0) is 10.9 Å². The van der Waals surface area contributed by atoms with Crippen molar-refractivity contribution in [3.63, 3.8) is 0 Å². The SMILES string of the molecule is O=c1c2ccc(Sc3ccc(O)cc3)cc2sc2ccc([S+](c3ccccc3)c3ccccc3)cc12. The zero-order valence-electron chi connectivity index (χ0n) is 19.1. The van der Waals surface area contributed by atoms with Gasteiger partial charge in [-0.25, -0.2) is 0 Å². The number of fused-ring (bicyclic) bond motifs is 2. The van der Waals surface area contributed by atoms with Crippen molar-refractivity contribution < 1.29 is 5.11 Å². The van der Waals surface area contributed by atoms with Gasteiger partial charge in [0.25, 0.3) is 0 Å². The standard InChI is InChI=1S/C31H20O2S3/c32-21-11-13-22(14-12-21)34-23-15-17-27-30(19-23)35-29-18-16-26(20-28(29)31(27)33)36(24-7-3-1-4-8-24)25-9-5-2-6-10-25/h1-20H/p+1. The smallest absolute Gasteiger partial charge is 0.196 e. The van der Waals surface area contributed by atoms with Crippen LogP contribution in [0.4, 0.5) is 0 Å². The predicted octanol–water partition coefficient (Wildman–Crippen LogP) is 8.37. The first-order valence-electron chi connectivity index (χ1n) is 11.5. The Labute approximate surface area is 220 Å². The molecule has 0 spiro atoms. The molecule has 1 aromatic heterocycles. The monoisotopic (exact) mass is 521 g/mol. The fourth-order valence-electron chi connectivity index (χ4n) is 4.18. The van der Waals surface area contributed by atoms with Crippen molar-refractivity contribution in [2.45, 2.75) is 24.5 Å². The first-order chi connectivity index (χ1) is 17.7. The van der Waals surface area contributed by atoms with Crippen molar-refractivity contribution in [3.05, 3.63) is 132 Å². The van der Waals surface area contributed by atoms with Gasteiger partial charge in [0.15, 0.2) is 20.1 Å². The number of hydrogen-bond donors (Lipinski definition) is 1. The van der Waals surface area contributed by atoms with Gasteiger partial charge in [0.05, 0.1) is 10.9 Å². The normalized spacial score (nSPS) is 11.4. The first kappa shape index (κ1) is 22.9. The van der Waals surface area contributed by atoms with Crippen LogP contribution in [0.3, 0.4) is 0 Å². The molecule has 0 saturated heterocycles. The van der Waals surface area contributed by atoms with E-state index in [1.807, 2.05) is 36.4 Å². The van der Waals surface area contributed by atoms with Gasteiger partial charge in [-0.05, 0) is 78.9 Å². The van der Waals surface area contributed by atoms with Crippen LogP contribution >= 0.6 is 23.1 Å². The highest BCUT2D eigenvalue weighted by Crippen LogP contribution is 2.36. The Kier molecular flexibility index (Phi) is 6.28. The quantitative estimate of drug-likeness (QED) is 0.183. The van der Waals surface area contributed by atoms with Crippen molar-refractivity contribution in [2.75, 3.05) is 0 Å². The molecule has 1 N–H and O–H groups in total. The summed E-state index contributed by atoms with van der Waals surface area (Å²) >= 11 is 3.27. The largest absolute Gasteiger partial charge is 0.508 e. The molecule has 0 amide bonds. The molecule has 0 aliphatic carbocycles. The Morgan fingerprint density at radius 3 is 1.89 bits per heavy atom. The zero-order valence-corrected chi connectivity index (χ0v) is 21.6. The lowest BCUT2D eigenvalue weighted by Gasteiger charge is -2.09. The van der Waals surface area contributed by atoms with Crippen LogP contribution in [0.2, 0.25) is 0 Å². The van der Waals surface area contributed by atoms with Gasteiger partial charge in [0.2, 0.25) is 0 Å². The van der Waals surface area contributed by atoms with Gasteiger partial charge in [0.1, 0.15) is 5.75 Å². The number of rotatable bonds is 5. The molecule has 0 aliphatic rings. The van der Waals surface area contributed by atoms with Gasteiger partial charge >= 0.3 is 0 Å². The number of benzene rings is 5. The summed E-state index contributed by atoms with van der Waals surface area (Å²) in [6.45, 7) is 0. The molecular weight excluding hydrogens is 501 g/mol. The van der Waals surface area contributed by atoms with E-state index in [0.717, 1.165) is 34.9 Å². The summed E-state index contributed by atoms with van der Waals surface area (Å²) in [5, 5.41) is 11.1. The molecule has 0 aliphatic heterocycles. The second kappa shape index (κ2) is 9.86. The third-order valence-electron chi connectivity index (χ3n) is 5.88. The van der Waals surface area contributed by atoms with Crippen molar-refractivity contribution in [1.82, 2.24) is 0 Å². The van der Waals surface area contributed by atoms with Crippen molar-refractivity contribution in [3.8, 4) is 5.75 Å². The maximum absolute atomic E-state index is 13.6. The van der Waals surface area contributed by atoms with Gasteiger partial charge in [-0.3, -0.25) is 4.79 Å². The van der Waals surface area contributed by atoms with Gasteiger partial charge < -0.3 is 5.11 Å². The minimum Gasteiger partial charge on any atom is -0.508 e. The van der Waals surface area contributed by atoms with Crippen LogP contribution < -0.4 is 5.43 Å². The zero-order chi connectivity index (χ0) is 24.5. The maximum atomic E-state index is 13.6. The Balaban J connectivity index is 1.44. The van der Waals surface area contributed by atoms with E-state index in [9.17, 15) is 9.90 Å². The van der Waals surface area contributed by atoms with E-state index in [1.54, 1.807) is 35.2 Å². The second-order valence-corrected chi connectivity index (χ2v) is 12.5. The highest BCUT2D eigenvalue weighted by Gasteiger charge is 2.29. The number of aromatic hydroxyl groups is 1. The molecule has 6 rings (SSSR count). The lowest BCUT2D eigenvalue weighted by atomic mass is 10.2. The number of hydrogen-bond acceptors (Lipinski definition) is 4. The van der Waals surface area contributed by atoms with E-state index in [0.29, 0.717) is 0 Å². The highest BCUT2D eigenvalue weighted by atomic mass is 32.2. The summed E-state index contributed by atoms with van der Waals surface area (Å²) in [6.07, 6.45) is 0. The van der Waals surface area contributed by atoms with Crippen LogP contribution in [0, 0.1) is 0 Å². The molecule has 5 heteroatoms. The first-order valence-corrected chi connectivity index (χ1v) is 14.3. The summed E-state index contributed by atoms with van der Waals surface area (Å²) in [6, 6.07) is 40.6. The molecule has 6 aromatic rings. The van der Waals surface area contributed by atoms with Crippen LogP contribution in [0.1, 0.15) is 0 Å². The molecule has 0 atom stereocenters. The molecule has 5 aromatic carbocycles. The third kappa shape index (κ3) is 4.53. The van der Waals surface area contributed by atoms with Gasteiger partial charge in [-0.2, -0.15) is 0 Å². The Morgan fingerprint density at radius 2 is 1.22 bits per heavy atom. The van der Waals surface area contributed by atoms with Crippen LogP contribution in [0.15, 0.2) is 151 Å². The van der Waals surface area contributed by atoms with Gasteiger partial charge in [0, 0.05) is 36.0 Å². The van der Waals surface area contributed by atoms with Crippen molar-refractivity contribution >= 4 is 54.2 Å². The Hall–Kier alpha value is -3.51. The average Bonchev–Trinajstić information content (AvgIpc) is 2.92. The topological polar surface area (TPSA) is 37.3 Å². The fraction of sp³-hybridized carbons (Fsp3) is 0. The van der Waals surface area contributed by atoms with E-state index in [2.05, 4.69) is 72.8 Å². The van der Waals surface area contributed by atoms with Crippen LogP contribution in [0.5, 0.6) is 5.75 Å². The molecule has 0 fully saturated rings. The lowest BCUT2D eigenvalue weighted by Crippen LogP contribution is -2.07. The predicted molar refractivity (Wildman–Crippen MR) is 153 cm³/mol. The van der Waals surface area contributed by atoms with Crippen molar-refractivity contribution in [1.29, 1.82) is 0 Å². The van der Waals surface area contributed by atoms with E-state index in [1.165, 1.54) is 9.79 Å². The maximum Gasteiger partial charge on any atom is 0.196 e. The average molecular weight is 522 g/mol. The number of phenols is 1. The van der Waals surface area contributed by atoms with Crippen LogP contribution in [-0.4, -0.2) is 5.11 Å². The molecule has 2 nitrogen and oxygen atoms in total. The second-order valence-electron chi connectivity index (χ2n) is 8.28.